The highest BCUT2D eigenvalue weighted by Crippen LogP contribution is 2.24. The van der Waals surface area contributed by atoms with Gasteiger partial charge >= 0.3 is 0 Å². The molecule has 0 saturated carbocycles. The molecule has 2 rings (SSSR count). The van der Waals surface area contributed by atoms with Crippen molar-refractivity contribution < 1.29 is 0 Å². The third-order valence-corrected chi connectivity index (χ3v) is 3.31. The van der Waals surface area contributed by atoms with Crippen molar-refractivity contribution in [3.63, 3.8) is 0 Å². The van der Waals surface area contributed by atoms with Crippen LogP contribution < -0.4 is 5.32 Å². The molecule has 1 atom stereocenters. The molecule has 0 aromatic carbocycles. The topological polar surface area (TPSA) is 55.6 Å². The number of aromatic nitrogens is 4. The van der Waals surface area contributed by atoms with E-state index in [1.54, 1.807) is 18.6 Å². The lowest BCUT2D eigenvalue weighted by atomic mass is 9.99. The van der Waals surface area contributed by atoms with Gasteiger partial charge in [0.05, 0.1) is 11.9 Å². The van der Waals surface area contributed by atoms with Gasteiger partial charge in [-0.2, -0.15) is 5.10 Å². The van der Waals surface area contributed by atoms with Crippen LogP contribution >= 0.6 is 0 Å². The number of likely N-dealkylation sites (N-methyl/N-ethyl adjacent to an activating group) is 1. The van der Waals surface area contributed by atoms with Crippen LogP contribution in [0.5, 0.6) is 0 Å². The summed E-state index contributed by atoms with van der Waals surface area (Å²) in [7, 11) is 0. The zero-order valence-corrected chi connectivity index (χ0v) is 12.0. The molecule has 2 heterocycles. The van der Waals surface area contributed by atoms with Crippen molar-refractivity contribution >= 4 is 0 Å². The van der Waals surface area contributed by atoms with Crippen molar-refractivity contribution in [3.05, 3.63) is 35.5 Å². The Labute approximate surface area is 114 Å². The maximum atomic E-state index is 4.60. The Kier molecular flexibility index (Phi) is 4.27. The van der Waals surface area contributed by atoms with E-state index in [0.29, 0.717) is 5.92 Å². The molecule has 0 aliphatic heterocycles. The minimum Gasteiger partial charge on any atom is -0.316 e. The molecule has 1 N–H and O–H groups in total. The number of hydrogen-bond acceptors (Lipinski definition) is 4. The Bertz CT molecular complexity index is 532. The first-order chi connectivity index (χ1) is 9.15. The molecule has 5 nitrogen and oxygen atoms in total. The fourth-order valence-corrected chi connectivity index (χ4v) is 2.45. The lowest BCUT2D eigenvalue weighted by Gasteiger charge is -2.12. The summed E-state index contributed by atoms with van der Waals surface area (Å²) in [4.78, 5) is 8.41. The molecule has 0 radical (unpaired) electrons. The molecule has 0 bridgehead atoms. The maximum Gasteiger partial charge on any atom is 0.172 e. The molecule has 0 aliphatic rings. The third kappa shape index (κ3) is 2.81. The molecule has 0 amide bonds. The van der Waals surface area contributed by atoms with E-state index in [4.69, 9.17) is 0 Å². The van der Waals surface area contributed by atoms with Gasteiger partial charge < -0.3 is 5.32 Å². The van der Waals surface area contributed by atoms with Crippen LogP contribution in [0.4, 0.5) is 0 Å². The first-order valence-corrected chi connectivity index (χ1v) is 6.68. The molecule has 102 valence electrons. The normalized spacial score (nSPS) is 12.6. The van der Waals surface area contributed by atoms with Crippen LogP contribution in [0, 0.1) is 13.8 Å². The van der Waals surface area contributed by atoms with Crippen molar-refractivity contribution in [2.24, 2.45) is 0 Å². The SMILES string of the molecule is CCNCC(C)c1c(C)nn(-c2cnccn2)c1C. The average Bonchev–Trinajstić information content (AvgIpc) is 2.72. The van der Waals surface area contributed by atoms with Crippen LogP contribution in [0.2, 0.25) is 0 Å². The summed E-state index contributed by atoms with van der Waals surface area (Å²) in [5.41, 5.74) is 3.50. The second kappa shape index (κ2) is 5.93. The predicted octanol–water partition coefficient (Wildman–Crippen LogP) is 1.99. The molecule has 0 fully saturated rings. The van der Waals surface area contributed by atoms with Crippen molar-refractivity contribution in [3.8, 4) is 5.82 Å². The van der Waals surface area contributed by atoms with Crippen molar-refractivity contribution in [2.75, 3.05) is 13.1 Å². The molecule has 0 spiro atoms. The van der Waals surface area contributed by atoms with Crippen LogP contribution in [0.3, 0.4) is 0 Å². The van der Waals surface area contributed by atoms with Gasteiger partial charge in [-0.25, -0.2) is 9.67 Å². The lowest BCUT2D eigenvalue weighted by molar-refractivity contribution is 0.630. The largest absolute Gasteiger partial charge is 0.316 e. The zero-order chi connectivity index (χ0) is 13.8. The number of hydrogen-bond donors (Lipinski definition) is 1. The van der Waals surface area contributed by atoms with E-state index >= 15 is 0 Å². The molecule has 1 unspecified atom stereocenters. The van der Waals surface area contributed by atoms with E-state index in [9.17, 15) is 0 Å². The summed E-state index contributed by atoms with van der Waals surface area (Å²) in [5.74, 6) is 1.20. The van der Waals surface area contributed by atoms with E-state index in [1.807, 2.05) is 4.68 Å². The highest BCUT2D eigenvalue weighted by Gasteiger charge is 2.18. The number of aryl methyl sites for hydroxylation is 1. The summed E-state index contributed by atoms with van der Waals surface area (Å²) in [6, 6.07) is 0. The Morgan fingerprint density at radius 2 is 2.11 bits per heavy atom. The molecule has 5 heteroatoms. The number of nitrogens with zero attached hydrogens (tertiary/aromatic N) is 4. The first-order valence-electron chi connectivity index (χ1n) is 6.68. The van der Waals surface area contributed by atoms with Crippen molar-refractivity contribution in [1.29, 1.82) is 0 Å². The predicted molar refractivity (Wildman–Crippen MR) is 75.6 cm³/mol. The highest BCUT2D eigenvalue weighted by molar-refractivity contribution is 5.33. The lowest BCUT2D eigenvalue weighted by Crippen LogP contribution is -2.20. The fourth-order valence-electron chi connectivity index (χ4n) is 2.45. The second-order valence-corrected chi connectivity index (χ2v) is 4.77. The van der Waals surface area contributed by atoms with Crippen molar-refractivity contribution in [2.45, 2.75) is 33.6 Å². The standard InChI is InChI=1S/C14H21N5/c1-5-15-8-10(2)14-11(3)18-19(12(14)4)13-9-16-6-7-17-13/h6-7,9-10,15H,5,8H2,1-4H3. The second-order valence-electron chi connectivity index (χ2n) is 4.77. The number of nitrogens with one attached hydrogen (secondary N) is 1. The van der Waals surface area contributed by atoms with E-state index in [-0.39, 0.29) is 0 Å². The van der Waals surface area contributed by atoms with E-state index in [0.717, 1.165) is 30.3 Å². The Balaban J connectivity index is 2.35. The molecular weight excluding hydrogens is 238 g/mol. The smallest absolute Gasteiger partial charge is 0.172 e. The van der Waals surface area contributed by atoms with E-state index < -0.39 is 0 Å². The minimum atomic E-state index is 0.436. The Hall–Kier alpha value is -1.75. The van der Waals surface area contributed by atoms with Gasteiger partial charge in [-0.3, -0.25) is 4.98 Å². The van der Waals surface area contributed by atoms with Gasteiger partial charge in [-0.15, -0.1) is 0 Å². The molecule has 0 aliphatic carbocycles. The molecule has 19 heavy (non-hydrogen) atoms. The zero-order valence-electron chi connectivity index (χ0n) is 12.0. The van der Waals surface area contributed by atoms with E-state index in [1.165, 1.54) is 5.56 Å². The summed E-state index contributed by atoms with van der Waals surface area (Å²) < 4.78 is 1.88. The van der Waals surface area contributed by atoms with Gasteiger partial charge in [0.2, 0.25) is 0 Å². The summed E-state index contributed by atoms with van der Waals surface area (Å²) >= 11 is 0. The maximum absolute atomic E-state index is 4.60. The van der Waals surface area contributed by atoms with Crippen LogP contribution in [0.1, 0.15) is 36.7 Å². The van der Waals surface area contributed by atoms with Gasteiger partial charge in [-0.05, 0) is 26.3 Å². The third-order valence-electron chi connectivity index (χ3n) is 3.31. The van der Waals surface area contributed by atoms with Crippen LogP contribution in [-0.4, -0.2) is 32.8 Å². The van der Waals surface area contributed by atoms with Gasteiger partial charge in [0, 0.05) is 30.2 Å². The summed E-state index contributed by atoms with van der Waals surface area (Å²) in [5, 5.41) is 7.98. The molecule has 2 aromatic heterocycles. The first kappa shape index (κ1) is 13.7. The number of rotatable bonds is 5. The minimum absolute atomic E-state index is 0.436. The van der Waals surface area contributed by atoms with Crippen molar-refractivity contribution in [1.82, 2.24) is 25.1 Å². The van der Waals surface area contributed by atoms with Crippen LogP contribution in [0.15, 0.2) is 18.6 Å². The quantitative estimate of drug-likeness (QED) is 0.892. The Morgan fingerprint density at radius 3 is 2.74 bits per heavy atom. The fraction of sp³-hybridized carbons (Fsp3) is 0.500. The van der Waals surface area contributed by atoms with Gasteiger partial charge in [0.1, 0.15) is 0 Å². The van der Waals surface area contributed by atoms with Gasteiger partial charge in [0.25, 0.3) is 0 Å². The van der Waals surface area contributed by atoms with Crippen LogP contribution in [-0.2, 0) is 0 Å². The molecular formula is C14H21N5. The average molecular weight is 259 g/mol. The summed E-state index contributed by atoms with van der Waals surface area (Å²) in [6.07, 6.45) is 5.09. The summed E-state index contributed by atoms with van der Waals surface area (Å²) in [6.45, 7) is 10.4. The monoisotopic (exact) mass is 259 g/mol. The van der Waals surface area contributed by atoms with Crippen LogP contribution in [0.25, 0.3) is 5.82 Å². The van der Waals surface area contributed by atoms with Gasteiger partial charge in [0.15, 0.2) is 5.82 Å². The Morgan fingerprint density at radius 1 is 1.32 bits per heavy atom. The molecule has 2 aromatic rings. The highest BCUT2D eigenvalue weighted by atomic mass is 15.3. The van der Waals surface area contributed by atoms with Gasteiger partial charge in [-0.1, -0.05) is 13.8 Å². The van der Waals surface area contributed by atoms with E-state index in [2.05, 4.69) is 48.1 Å². The molecule has 0 saturated heterocycles.